The van der Waals surface area contributed by atoms with Crippen molar-refractivity contribution in [2.75, 3.05) is 7.05 Å². The first kappa shape index (κ1) is 9.78. The van der Waals surface area contributed by atoms with Gasteiger partial charge in [0.05, 0.1) is 6.42 Å². The predicted molar refractivity (Wildman–Crippen MR) is 53.7 cm³/mol. The molecule has 1 amide bonds. The molecular formula is C11H15NO. The molecule has 1 aromatic carbocycles. The number of likely N-dealkylation sites (N-methyl/N-ethyl adjacent to an activating group) is 1. The van der Waals surface area contributed by atoms with Gasteiger partial charge in [-0.2, -0.15) is 0 Å². The van der Waals surface area contributed by atoms with Crippen molar-refractivity contribution in [2.45, 2.75) is 20.3 Å². The van der Waals surface area contributed by atoms with Crippen molar-refractivity contribution in [3.63, 3.8) is 0 Å². The number of aryl methyl sites for hydroxylation is 2. The van der Waals surface area contributed by atoms with Gasteiger partial charge in [0.2, 0.25) is 5.91 Å². The van der Waals surface area contributed by atoms with Crippen LogP contribution >= 0.6 is 0 Å². The van der Waals surface area contributed by atoms with Crippen LogP contribution in [0.5, 0.6) is 0 Å². The molecule has 0 heterocycles. The molecule has 0 aliphatic heterocycles. The van der Waals surface area contributed by atoms with Gasteiger partial charge in [0.25, 0.3) is 0 Å². The minimum Gasteiger partial charge on any atom is -0.359 e. The first-order valence-electron chi connectivity index (χ1n) is 4.40. The molecule has 0 aliphatic rings. The maximum Gasteiger partial charge on any atom is 0.224 e. The Hall–Kier alpha value is -1.31. The zero-order valence-corrected chi connectivity index (χ0v) is 8.35. The van der Waals surface area contributed by atoms with Gasteiger partial charge in [0.15, 0.2) is 0 Å². The van der Waals surface area contributed by atoms with Gasteiger partial charge in [-0.05, 0) is 25.0 Å². The van der Waals surface area contributed by atoms with Crippen LogP contribution in [0.2, 0.25) is 0 Å². The molecule has 0 fully saturated rings. The van der Waals surface area contributed by atoms with Crippen molar-refractivity contribution in [3.8, 4) is 0 Å². The number of carbonyl (C=O) groups excluding carboxylic acids is 1. The lowest BCUT2D eigenvalue weighted by Crippen LogP contribution is -2.20. The summed E-state index contributed by atoms with van der Waals surface area (Å²) in [6.45, 7) is 4.06. The van der Waals surface area contributed by atoms with E-state index in [0.717, 1.165) is 5.56 Å². The normalized spacial score (nSPS) is 9.77. The molecule has 0 spiro atoms. The molecule has 0 bridgehead atoms. The molecule has 0 saturated carbocycles. The van der Waals surface area contributed by atoms with Gasteiger partial charge in [-0.3, -0.25) is 4.79 Å². The number of amides is 1. The number of hydrogen-bond donors (Lipinski definition) is 1. The Morgan fingerprint density at radius 3 is 2.69 bits per heavy atom. The summed E-state index contributed by atoms with van der Waals surface area (Å²) in [5, 5.41) is 2.62. The minimum atomic E-state index is 0.0636. The van der Waals surface area contributed by atoms with Gasteiger partial charge in [0.1, 0.15) is 0 Å². The fourth-order valence-electron chi connectivity index (χ4n) is 1.25. The van der Waals surface area contributed by atoms with E-state index < -0.39 is 0 Å². The van der Waals surface area contributed by atoms with E-state index in [9.17, 15) is 4.79 Å². The second kappa shape index (κ2) is 4.08. The lowest BCUT2D eigenvalue weighted by Gasteiger charge is -2.05. The van der Waals surface area contributed by atoms with Crippen LogP contribution in [0.1, 0.15) is 16.7 Å². The Bertz CT molecular complexity index is 318. The van der Waals surface area contributed by atoms with Crippen LogP contribution in [0, 0.1) is 13.8 Å². The third kappa shape index (κ3) is 2.58. The Morgan fingerprint density at radius 2 is 2.08 bits per heavy atom. The Labute approximate surface area is 79.0 Å². The number of rotatable bonds is 2. The molecule has 1 N–H and O–H groups in total. The summed E-state index contributed by atoms with van der Waals surface area (Å²) in [4.78, 5) is 11.1. The van der Waals surface area contributed by atoms with Crippen molar-refractivity contribution in [2.24, 2.45) is 0 Å². The highest BCUT2D eigenvalue weighted by Crippen LogP contribution is 2.10. The quantitative estimate of drug-likeness (QED) is 0.730. The van der Waals surface area contributed by atoms with Gasteiger partial charge in [-0.25, -0.2) is 0 Å². The fourth-order valence-corrected chi connectivity index (χ4v) is 1.25. The lowest BCUT2D eigenvalue weighted by atomic mass is 10.0. The van der Waals surface area contributed by atoms with Crippen LogP contribution in [0.25, 0.3) is 0 Å². The van der Waals surface area contributed by atoms with Gasteiger partial charge in [0, 0.05) is 7.05 Å². The van der Waals surface area contributed by atoms with Crippen molar-refractivity contribution in [1.29, 1.82) is 0 Å². The molecule has 2 nitrogen and oxygen atoms in total. The van der Waals surface area contributed by atoms with E-state index in [-0.39, 0.29) is 5.91 Å². The number of nitrogens with one attached hydrogen (secondary N) is 1. The maximum absolute atomic E-state index is 11.1. The zero-order valence-electron chi connectivity index (χ0n) is 8.35. The molecule has 0 aliphatic carbocycles. The summed E-state index contributed by atoms with van der Waals surface area (Å²) >= 11 is 0. The average molecular weight is 177 g/mol. The molecule has 1 rings (SSSR count). The van der Waals surface area contributed by atoms with E-state index in [4.69, 9.17) is 0 Å². The third-order valence-electron chi connectivity index (χ3n) is 2.13. The minimum absolute atomic E-state index is 0.0636. The monoisotopic (exact) mass is 177 g/mol. The zero-order chi connectivity index (χ0) is 9.84. The van der Waals surface area contributed by atoms with Crippen LogP contribution in [-0.4, -0.2) is 13.0 Å². The molecule has 0 radical (unpaired) electrons. The molecule has 0 atom stereocenters. The number of carbonyl (C=O) groups is 1. The smallest absolute Gasteiger partial charge is 0.224 e. The molecule has 13 heavy (non-hydrogen) atoms. The molecule has 0 aromatic heterocycles. The van der Waals surface area contributed by atoms with Crippen molar-refractivity contribution in [1.82, 2.24) is 5.32 Å². The van der Waals surface area contributed by atoms with Crippen LogP contribution in [0.3, 0.4) is 0 Å². The second-order valence-corrected chi connectivity index (χ2v) is 3.28. The first-order valence-corrected chi connectivity index (χ1v) is 4.40. The molecule has 2 heteroatoms. The largest absolute Gasteiger partial charge is 0.359 e. The van der Waals surface area contributed by atoms with Crippen LogP contribution in [0.15, 0.2) is 18.2 Å². The van der Waals surface area contributed by atoms with Crippen molar-refractivity contribution in [3.05, 3.63) is 34.9 Å². The van der Waals surface area contributed by atoms with Gasteiger partial charge in [-0.1, -0.05) is 23.8 Å². The molecule has 0 unspecified atom stereocenters. The van der Waals surface area contributed by atoms with Gasteiger partial charge >= 0.3 is 0 Å². The highest BCUT2D eigenvalue weighted by Gasteiger charge is 2.03. The standard InChI is InChI=1S/C11H15NO/c1-8-4-5-9(2)10(6-8)7-11(13)12-3/h4-6H,7H2,1-3H3,(H,12,13). The van der Waals surface area contributed by atoms with E-state index >= 15 is 0 Å². The fraction of sp³-hybridized carbons (Fsp3) is 0.364. The first-order chi connectivity index (χ1) is 6.13. The van der Waals surface area contributed by atoms with Crippen molar-refractivity contribution >= 4 is 5.91 Å². The Balaban J connectivity index is 2.87. The van der Waals surface area contributed by atoms with E-state index in [1.807, 2.05) is 19.9 Å². The lowest BCUT2D eigenvalue weighted by molar-refractivity contribution is -0.119. The molecule has 0 saturated heterocycles. The topological polar surface area (TPSA) is 29.1 Å². The highest BCUT2D eigenvalue weighted by molar-refractivity contribution is 5.78. The summed E-state index contributed by atoms with van der Waals surface area (Å²) in [6.07, 6.45) is 0.476. The van der Waals surface area contributed by atoms with Gasteiger partial charge < -0.3 is 5.32 Å². The Morgan fingerprint density at radius 1 is 1.38 bits per heavy atom. The van der Waals surface area contributed by atoms with Crippen LogP contribution in [0.4, 0.5) is 0 Å². The summed E-state index contributed by atoms with van der Waals surface area (Å²) < 4.78 is 0. The number of hydrogen-bond acceptors (Lipinski definition) is 1. The second-order valence-electron chi connectivity index (χ2n) is 3.28. The Kier molecular flexibility index (Phi) is 3.07. The predicted octanol–water partition coefficient (Wildman–Crippen LogP) is 1.59. The summed E-state index contributed by atoms with van der Waals surface area (Å²) in [5.41, 5.74) is 3.48. The van der Waals surface area contributed by atoms with E-state index in [1.54, 1.807) is 7.05 Å². The highest BCUT2D eigenvalue weighted by atomic mass is 16.1. The van der Waals surface area contributed by atoms with Crippen LogP contribution < -0.4 is 5.32 Å². The average Bonchev–Trinajstić information content (AvgIpc) is 2.11. The molecule has 70 valence electrons. The van der Waals surface area contributed by atoms with E-state index in [0.29, 0.717) is 6.42 Å². The van der Waals surface area contributed by atoms with E-state index in [2.05, 4.69) is 17.4 Å². The molecule has 1 aromatic rings. The van der Waals surface area contributed by atoms with Crippen LogP contribution in [-0.2, 0) is 11.2 Å². The maximum atomic E-state index is 11.1. The summed E-state index contributed by atoms with van der Waals surface area (Å²) in [6, 6.07) is 6.17. The summed E-state index contributed by atoms with van der Waals surface area (Å²) in [7, 11) is 1.66. The SMILES string of the molecule is CNC(=O)Cc1cc(C)ccc1C. The summed E-state index contributed by atoms with van der Waals surface area (Å²) in [5.74, 6) is 0.0636. The molecular weight excluding hydrogens is 162 g/mol. The van der Waals surface area contributed by atoms with E-state index in [1.165, 1.54) is 11.1 Å². The third-order valence-corrected chi connectivity index (χ3v) is 2.13. The van der Waals surface area contributed by atoms with Crippen molar-refractivity contribution < 1.29 is 4.79 Å². The number of benzene rings is 1. The van der Waals surface area contributed by atoms with Gasteiger partial charge in [-0.15, -0.1) is 0 Å².